The summed E-state index contributed by atoms with van der Waals surface area (Å²) in [6, 6.07) is -0.397. The Balaban J connectivity index is 3.92. The zero-order chi connectivity index (χ0) is 13.8. The van der Waals surface area contributed by atoms with Gasteiger partial charge in [0.1, 0.15) is 6.54 Å². The third-order valence-corrected chi connectivity index (χ3v) is 2.12. The number of amides is 2. The molecule has 7 heteroatoms. The Morgan fingerprint density at radius 2 is 2.06 bits per heavy atom. The predicted molar refractivity (Wildman–Crippen MR) is 65.6 cm³/mol. The van der Waals surface area contributed by atoms with Crippen LogP contribution in [0.1, 0.15) is 13.3 Å². The van der Waals surface area contributed by atoms with Gasteiger partial charge in [-0.1, -0.05) is 0 Å². The fourth-order valence-electron chi connectivity index (χ4n) is 1.24. The Morgan fingerprint density at radius 3 is 2.61 bits per heavy atom. The number of nitrogens with zero attached hydrogens (tertiary/aromatic N) is 1. The highest BCUT2D eigenvalue weighted by Gasteiger charge is 2.15. The largest absolute Gasteiger partial charge is 0.480 e. The SMILES string of the molecule is CCOCCCNC(=O)N(CCOC)CC(=O)O. The van der Waals surface area contributed by atoms with Crippen LogP contribution >= 0.6 is 0 Å². The Bertz CT molecular complexity index is 248. The zero-order valence-corrected chi connectivity index (χ0v) is 11.0. The van der Waals surface area contributed by atoms with Gasteiger partial charge in [-0.15, -0.1) is 0 Å². The topological polar surface area (TPSA) is 88.1 Å². The molecule has 0 aliphatic rings. The van der Waals surface area contributed by atoms with E-state index in [4.69, 9.17) is 14.6 Å². The van der Waals surface area contributed by atoms with Crippen molar-refractivity contribution in [3.8, 4) is 0 Å². The van der Waals surface area contributed by atoms with Gasteiger partial charge in [0.25, 0.3) is 0 Å². The molecule has 7 nitrogen and oxygen atoms in total. The van der Waals surface area contributed by atoms with Crippen LogP contribution in [0.4, 0.5) is 4.79 Å². The monoisotopic (exact) mass is 262 g/mol. The zero-order valence-electron chi connectivity index (χ0n) is 11.0. The molecule has 18 heavy (non-hydrogen) atoms. The number of carboxylic acids is 1. The van der Waals surface area contributed by atoms with Crippen LogP contribution in [0.25, 0.3) is 0 Å². The second kappa shape index (κ2) is 10.8. The van der Waals surface area contributed by atoms with Gasteiger partial charge in [-0.05, 0) is 13.3 Å². The maximum absolute atomic E-state index is 11.7. The molecule has 0 saturated heterocycles. The van der Waals surface area contributed by atoms with E-state index in [1.807, 2.05) is 6.92 Å². The molecular formula is C11H22N2O5. The van der Waals surface area contributed by atoms with Crippen molar-refractivity contribution < 1.29 is 24.2 Å². The smallest absolute Gasteiger partial charge is 0.323 e. The summed E-state index contributed by atoms with van der Waals surface area (Å²) in [4.78, 5) is 23.5. The first kappa shape index (κ1) is 16.7. The lowest BCUT2D eigenvalue weighted by Crippen LogP contribution is -2.44. The molecule has 0 heterocycles. The van der Waals surface area contributed by atoms with E-state index in [1.54, 1.807) is 0 Å². The first-order valence-corrected chi connectivity index (χ1v) is 5.93. The van der Waals surface area contributed by atoms with E-state index >= 15 is 0 Å². The average Bonchev–Trinajstić information content (AvgIpc) is 2.33. The van der Waals surface area contributed by atoms with E-state index in [0.29, 0.717) is 32.8 Å². The molecule has 2 amide bonds. The van der Waals surface area contributed by atoms with E-state index in [0.717, 1.165) is 0 Å². The molecule has 106 valence electrons. The number of carboxylic acid groups (broad SMARTS) is 1. The van der Waals surface area contributed by atoms with Gasteiger partial charge < -0.3 is 24.8 Å². The first-order chi connectivity index (χ1) is 8.61. The van der Waals surface area contributed by atoms with Crippen LogP contribution in [0.3, 0.4) is 0 Å². The molecule has 0 atom stereocenters. The van der Waals surface area contributed by atoms with Gasteiger partial charge in [0.05, 0.1) is 6.61 Å². The number of rotatable bonds is 10. The van der Waals surface area contributed by atoms with Gasteiger partial charge in [-0.25, -0.2) is 4.79 Å². The lowest BCUT2D eigenvalue weighted by molar-refractivity contribution is -0.137. The molecule has 0 fully saturated rings. The van der Waals surface area contributed by atoms with E-state index in [9.17, 15) is 9.59 Å². The number of ether oxygens (including phenoxy) is 2. The summed E-state index contributed by atoms with van der Waals surface area (Å²) in [5.74, 6) is -1.05. The van der Waals surface area contributed by atoms with Gasteiger partial charge in [-0.3, -0.25) is 4.79 Å². The summed E-state index contributed by atoms with van der Waals surface area (Å²) in [5, 5.41) is 11.3. The normalized spacial score (nSPS) is 10.1. The number of carbonyl (C=O) groups excluding carboxylic acids is 1. The van der Waals surface area contributed by atoms with E-state index in [1.165, 1.54) is 12.0 Å². The molecule has 0 radical (unpaired) electrons. The lowest BCUT2D eigenvalue weighted by atomic mass is 10.4. The first-order valence-electron chi connectivity index (χ1n) is 5.93. The number of hydrogen-bond acceptors (Lipinski definition) is 4. The Hall–Kier alpha value is -1.34. The minimum atomic E-state index is -1.05. The summed E-state index contributed by atoms with van der Waals surface area (Å²) in [7, 11) is 1.50. The third-order valence-electron chi connectivity index (χ3n) is 2.12. The van der Waals surface area contributed by atoms with Crippen LogP contribution in [-0.2, 0) is 14.3 Å². The van der Waals surface area contributed by atoms with Crippen molar-refractivity contribution in [2.75, 3.05) is 46.6 Å². The second-order valence-electron chi connectivity index (χ2n) is 3.59. The summed E-state index contributed by atoms with van der Waals surface area (Å²) < 4.78 is 9.95. The molecule has 0 aromatic heterocycles. The van der Waals surface area contributed by atoms with E-state index < -0.39 is 12.0 Å². The van der Waals surface area contributed by atoms with Crippen LogP contribution < -0.4 is 5.32 Å². The standard InChI is InChI=1S/C11H22N2O5/c1-3-18-7-4-5-12-11(16)13(6-8-17-2)9-10(14)15/h3-9H2,1-2H3,(H,12,16)(H,14,15). The highest BCUT2D eigenvalue weighted by atomic mass is 16.5. The van der Waals surface area contributed by atoms with Crippen LogP contribution in [-0.4, -0.2) is 68.6 Å². The number of carbonyl (C=O) groups is 2. The van der Waals surface area contributed by atoms with Crippen molar-refractivity contribution in [1.82, 2.24) is 10.2 Å². The molecular weight excluding hydrogens is 240 g/mol. The maximum atomic E-state index is 11.7. The fraction of sp³-hybridized carbons (Fsp3) is 0.818. The number of hydrogen-bond donors (Lipinski definition) is 2. The Labute approximate surface area is 107 Å². The fourth-order valence-corrected chi connectivity index (χ4v) is 1.24. The molecule has 2 N–H and O–H groups in total. The molecule has 0 aliphatic heterocycles. The molecule has 0 aliphatic carbocycles. The minimum absolute atomic E-state index is 0.250. The molecule has 0 aromatic rings. The van der Waals surface area contributed by atoms with E-state index in [-0.39, 0.29) is 13.1 Å². The van der Waals surface area contributed by atoms with Gasteiger partial charge in [0.2, 0.25) is 0 Å². The van der Waals surface area contributed by atoms with Crippen molar-refractivity contribution in [2.45, 2.75) is 13.3 Å². The highest BCUT2D eigenvalue weighted by Crippen LogP contribution is 1.91. The Kier molecular flexibility index (Phi) is 9.99. The number of methoxy groups -OCH3 is 1. The van der Waals surface area contributed by atoms with Crippen LogP contribution in [0, 0.1) is 0 Å². The molecule has 0 bridgehead atoms. The average molecular weight is 262 g/mol. The predicted octanol–water partition coefficient (Wildman–Crippen LogP) is 0.156. The van der Waals surface area contributed by atoms with Crippen molar-refractivity contribution in [1.29, 1.82) is 0 Å². The van der Waals surface area contributed by atoms with Gasteiger partial charge in [0.15, 0.2) is 0 Å². The van der Waals surface area contributed by atoms with Crippen molar-refractivity contribution in [3.63, 3.8) is 0 Å². The summed E-state index contributed by atoms with van der Waals surface area (Å²) in [5.41, 5.74) is 0. The van der Waals surface area contributed by atoms with Crippen molar-refractivity contribution >= 4 is 12.0 Å². The molecule has 0 rings (SSSR count). The molecule has 0 spiro atoms. The second-order valence-corrected chi connectivity index (χ2v) is 3.59. The molecule has 0 saturated carbocycles. The van der Waals surface area contributed by atoms with Crippen LogP contribution in [0.15, 0.2) is 0 Å². The quantitative estimate of drug-likeness (QED) is 0.547. The summed E-state index contributed by atoms with van der Waals surface area (Å²) >= 11 is 0. The highest BCUT2D eigenvalue weighted by molar-refractivity contribution is 5.80. The third kappa shape index (κ3) is 8.77. The van der Waals surface area contributed by atoms with Gasteiger partial charge >= 0.3 is 12.0 Å². The van der Waals surface area contributed by atoms with Crippen LogP contribution in [0.2, 0.25) is 0 Å². The number of aliphatic carboxylic acids is 1. The maximum Gasteiger partial charge on any atom is 0.323 e. The summed E-state index contributed by atoms with van der Waals surface area (Å²) in [6.07, 6.45) is 0.699. The van der Waals surface area contributed by atoms with E-state index in [2.05, 4.69) is 5.32 Å². The van der Waals surface area contributed by atoms with Gasteiger partial charge in [0, 0.05) is 33.4 Å². The minimum Gasteiger partial charge on any atom is -0.480 e. The summed E-state index contributed by atoms with van der Waals surface area (Å²) in [6.45, 7) is 3.81. The molecule has 0 unspecified atom stereocenters. The molecule has 0 aromatic carbocycles. The van der Waals surface area contributed by atoms with Crippen molar-refractivity contribution in [2.24, 2.45) is 0 Å². The van der Waals surface area contributed by atoms with Crippen molar-refractivity contribution in [3.05, 3.63) is 0 Å². The van der Waals surface area contributed by atoms with Gasteiger partial charge in [-0.2, -0.15) is 0 Å². The Morgan fingerprint density at radius 1 is 1.33 bits per heavy atom. The van der Waals surface area contributed by atoms with Crippen LogP contribution in [0.5, 0.6) is 0 Å². The lowest BCUT2D eigenvalue weighted by Gasteiger charge is -2.20. The number of urea groups is 1. The number of nitrogens with one attached hydrogen (secondary N) is 1.